The third-order valence-corrected chi connectivity index (χ3v) is 0.900. The van der Waals surface area contributed by atoms with Crippen molar-refractivity contribution in [3.05, 3.63) is 0 Å². The molecule has 0 aromatic heterocycles. The zero-order valence-electron chi connectivity index (χ0n) is 8.09. The number of primary amides is 2. The molecule has 6 nitrogen and oxygen atoms in total. The number of urea groups is 2. The fraction of sp³-hybridized carbons (Fsp3) is 0.714. The van der Waals surface area contributed by atoms with Crippen LogP contribution < -0.4 is 22.1 Å². The van der Waals surface area contributed by atoms with Crippen LogP contribution in [-0.2, 0) is 0 Å². The van der Waals surface area contributed by atoms with E-state index in [9.17, 15) is 9.59 Å². The third kappa shape index (κ3) is 25.0. The first kappa shape index (κ1) is 14.1. The molecule has 78 valence electrons. The number of rotatable bonds is 3. The minimum absolute atomic E-state index is 0.443. The van der Waals surface area contributed by atoms with Crippen LogP contribution in [-0.4, -0.2) is 25.2 Å². The number of carbonyl (C=O) groups excluding carboxylic acids is 2. The van der Waals surface area contributed by atoms with E-state index in [1.165, 1.54) is 0 Å². The van der Waals surface area contributed by atoms with Crippen molar-refractivity contribution in [1.29, 1.82) is 0 Å². The molecule has 6 heteroatoms. The lowest BCUT2D eigenvalue weighted by Gasteiger charge is -1.93. The van der Waals surface area contributed by atoms with E-state index in [-0.39, 0.29) is 0 Å². The van der Waals surface area contributed by atoms with Crippen LogP contribution >= 0.6 is 0 Å². The van der Waals surface area contributed by atoms with E-state index in [0.717, 1.165) is 6.42 Å². The average molecular weight is 190 g/mol. The first-order chi connectivity index (χ1) is 6.04. The van der Waals surface area contributed by atoms with Crippen molar-refractivity contribution >= 4 is 12.1 Å². The summed E-state index contributed by atoms with van der Waals surface area (Å²) in [6.45, 7) is 5.06. The van der Waals surface area contributed by atoms with E-state index in [1.807, 2.05) is 13.8 Å². The van der Waals surface area contributed by atoms with Gasteiger partial charge >= 0.3 is 12.1 Å². The van der Waals surface area contributed by atoms with Gasteiger partial charge in [-0.2, -0.15) is 0 Å². The molecule has 0 saturated heterocycles. The standard InChI is InChI=1S/C4H10N2O.C3H8N2O/c1-2-3-6-4(5)7;1-2-5-3(4)6/h2-3H2,1H3,(H3,5,6,7);2H2,1H3,(H3,4,5,6). The number of hydrogen-bond acceptors (Lipinski definition) is 2. The molecule has 0 aliphatic heterocycles. The summed E-state index contributed by atoms with van der Waals surface area (Å²) in [7, 11) is 0. The summed E-state index contributed by atoms with van der Waals surface area (Å²) in [6, 6.07) is -0.903. The van der Waals surface area contributed by atoms with Crippen LogP contribution in [0.15, 0.2) is 0 Å². The van der Waals surface area contributed by atoms with Crippen LogP contribution in [0, 0.1) is 0 Å². The van der Waals surface area contributed by atoms with E-state index < -0.39 is 12.1 Å². The van der Waals surface area contributed by atoms with Gasteiger partial charge in [0.15, 0.2) is 0 Å². The van der Waals surface area contributed by atoms with Crippen molar-refractivity contribution in [2.45, 2.75) is 20.3 Å². The second kappa shape index (κ2) is 10.5. The molecule has 4 amide bonds. The summed E-state index contributed by atoms with van der Waals surface area (Å²) < 4.78 is 0. The molecule has 0 radical (unpaired) electrons. The lowest BCUT2D eigenvalue weighted by Crippen LogP contribution is -2.29. The summed E-state index contributed by atoms with van der Waals surface area (Å²) in [4.78, 5) is 19.6. The summed E-state index contributed by atoms with van der Waals surface area (Å²) in [5.41, 5.74) is 9.38. The van der Waals surface area contributed by atoms with E-state index in [1.54, 1.807) is 0 Å². The van der Waals surface area contributed by atoms with Crippen molar-refractivity contribution in [3.63, 3.8) is 0 Å². The third-order valence-electron chi connectivity index (χ3n) is 0.900. The Bertz CT molecular complexity index is 149. The maximum atomic E-state index is 9.87. The second-order valence-corrected chi connectivity index (χ2v) is 2.19. The van der Waals surface area contributed by atoms with Gasteiger partial charge in [0.25, 0.3) is 0 Å². The highest BCUT2D eigenvalue weighted by atomic mass is 16.2. The predicted molar refractivity (Wildman–Crippen MR) is 51.1 cm³/mol. The van der Waals surface area contributed by atoms with Gasteiger partial charge < -0.3 is 22.1 Å². The fourth-order valence-corrected chi connectivity index (χ4v) is 0.422. The average Bonchev–Trinajstić information content (AvgIpc) is 2.01. The molecule has 0 atom stereocenters. The molecule has 0 unspecified atom stereocenters. The Hall–Kier alpha value is -1.46. The molecule has 0 aliphatic rings. The zero-order valence-corrected chi connectivity index (χ0v) is 8.09. The molecule has 0 rings (SSSR count). The Morgan fingerprint density at radius 1 is 1.08 bits per heavy atom. The SMILES string of the molecule is CCCNC(N)=O.CCNC(N)=O. The molecule has 13 heavy (non-hydrogen) atoms. The van der Waals surface area contributed by atoms with Gasteiger partial charge in [-0.1, -0.05) is 6.92 Å². The van der Waals surface area contributed by atoms with Crippen LogP contribution in [0.3, 0.4) is 0 Å². The molecule has 0 aliphatic carbocycles. The predicted octanol–water partition coefficient (Wildman–Crippen LogP) is -0.261. The number of carbonyl (C=O) groups is 2. The Kier molecular flexibility index (Phi) is 11.4. The molecule has 0 fully saturated rings. The molecule has 0 bridgehead atoms. The Balaban J connectivity index is 0. The highest BCUT2D eigenvalue weighted by molar-refractivity contribution is 5.71. The lowest BCUT2D eigenvalue weighted by molar-refractivity contribution is 0.248. The van der Waals surface area contributed by atoms with Crippen LogP contribution in [0.25, 0.3) is 0 Å². The van der Waals surface area contributed by atoms with Gasteiger partial charge in [-0.3, -0.25) is 0 Å². The minimum atomic E-state index is -0.461. The minimum Gasteiger partial charge on any atom is -0.352 e. The quantitative estimate of drug-likeness (QED) is 0.491. The summed E-state index contributed by atoms with van der Waals surface area (Å²) in [5.74, 6) is 0. The number of hydrogen-bond donors (Lipinski definition) is 4. The van der Waals surface area contributed by atoms with Gasteiger partial charge in [0.1, 0.15) is 0 Å². The van der Waals surface area contributed by atoms with Crippen molar-refractivity contribution in [3.8, 4) is 0 Å². The molecule has 6 N–H and O–H groups in total. The zero-order chi connectivity index (χ0) is 10.7. The van der Waals surface area contributed by atoms with Crippen molar-refractivity contribution in [2.75, 3.05) is 13.1 Å². The maximum Gasteiger partial charge on any atom is 0.312 e. The Morgan fingerprint density at radius 3 is 1.62 bits per heavy atom. The fourth-order valence-electron chi connectivity index (χ4n) is 0.422. The molecular weight excluding hydrogens is 172 g/mol. The van der Waals surface area contributed by atoms with Crippen molar-refractivity contribution in [1.82, 2.24) is 10.6 Å². The van der Waals surface area contributed by atoms with E-state index >= 15 is 0 Å². The largest absolute Gasteiger partial charge is 0.352 e. The smallest absolute Gasteiger partial charge is 0.312 e. The van der Waals surface area contributed by atoms with Gasteiger partial charge in [-0.05, 0) is 13.3 Å². The topological polar surface area (TPSA) is 110 Å². The van der Waals surface area contributed by atoms with Gasteiger partial charge in [0.05, 0.1) is 0 Å². The number of nitrogens with one attached hydrogen (secondary N) is 2. The summed E-state index contributed by atoms with van der Waals surface area (Å²) in [6.07, 6.45) is 0.933. The molecule has 0 aromatic rings. The van der Waals surface area contributed by atoms with Gasteiger partial charge in [0.2, 0.25) is 0 Å². The maximum absolute atomic E-state index is 9.87. The second-order valence-electron chi connectivity index (χ2n) is 2.19. The van der Waals surface area contributed by atoms with E-state index in [4.69, 9.17) is 5.73 Å². The first-order valence-corrected chi connectivity index (χ1v) is 4.11. The number of amides is 4. The Labute approximate surface area is 78.0 Å². The number of nitrogens with two attached hydrogens (primary N) is 2. The monoisotopic (exact) mass is 190 g/mol. The molecule has 0 heterocycles. The molecule has 0 saturated carbocycles. The van der Waals surface area contributed by atoms with Crippen LogP contribution in [0.2, 0.25) is 0 Å². The summed E-state index contributed by atoms with van der Waals surface area (Å²) >= 11 is 0. The van der Waals surface area contributed by atoms with Crippen molar-refractivity contribution < 1.29 is 9.59 Å². The first-order valence-electron chi connectivity index (χ1n) is 4.11. The van der Waals surface area contributed by atoms with Crippen LogP contribution in [0.1, 0.15) is 20.3 Å². The highest BCUT2D eigenvalue weighted by Gasteiger charge is 1.83. The van der Waals surface area contributed by atoms with Crippen molar-refractivity contribution in [2.24, 2.45) is 11.5 Å². The highest BCUT2D eigenvalue weighted by Crippen LogP contribution is 1.66. The Morgan fingerprint density at radius 2 is 1.54 bits per heavy atom. The van der Waals surface area contributed by atoms with Gasteiger partial charge in [-0.25, -0.2) is 9.59 Å². The molecule has 0 aromatic carbocycles. The van der Waals surface area contributed by atoms with Gasteiger partial charge in [-0.15, -0.1) is 0 Å². The van der Waals surface area contributed by atoms with E-state index in [2.05, 4.69) is 16.4 Å². The van der Waals surface area contributed by atoms with Gasteiger partial charge in [0, 0.05) is 13.1 Å². The van der Waals surface area contributed by atoms with E-state index in [0.29, 0.717) is 13.1 Å². The van der Waals surface area contributed by atoms with Crippen LogP contribution in [0.4, 0.5) is 9.59 Å². The lowest BCUT2D eigenvalue weighted by atomic mass is 10.5. The summed E-state index contributed by atoms with van der Waals surface area (Å²) in [5, 5.41) is 4.78. The van der Waals surface area contributed by atoms with Crippen LogP contribution in [0.5, 0.6) is 0 Å². The molecule has 0 spiro atoms. The normalized spacial score (nSPS) is 7.85. The molecular formula is C7H18N4O2.